The van der Waals surface area contributed by atoms with Crippen molar-refractivity contribution in [2.75, 3.05) is 0 Å². The van der Waals surface area contributed by atoms with Crippen molar-refractivity contribution in [1.29, 1.82) is 0 Å². The van der Waals surface area contributed by atoms with Gasteiger partial charge in [0.15, 0.2) is 0 Å². The maximum absolute atomic E-state index is 9.24. The molecule has 0 amide bonds. The van der Waals surface area contributed by atoms with Gasteiger partial charge in [-0.2, -0.15) is 0 Å². The minimum atomic E-state index is -1.18. The minimum absolute atomic E-state index is 0.431. The molecule has 25 heavy (non-hydrogen) atoms. The van der Waals surface area contributed by atoms with Crippen molar-refractivity contribution < 1.29 is 9.42 Å². The lowest BCUT2D eigenvalue weighted by Crippen LogP contribution is -2.21. The molecule has 1 aromatic rings. The normalized spacial score (nSPS) is 12.9. The van der Waals surface area contributed by atoms with Crippen molar-refractivity contribution >= 4 is 55.4 Å². The number of alkyl halides is 4. The van der Waals surface area contributed by atoms with Crippen molar-refractivity contribution in [2.45, 2.75) is 73.9 Å². The Morgan fingerprint density at radius 2 is 1.48 bits per heavy atom. The molecule has 0 aliphatic heterocycles. The lowest BCUT2D eigenvalue weighted by Gasteiger charge is -2.30. The SMILES string of the molecule is CCCCCC(Cl)(Cl)c1cccc(OPO)c1C(Cl)(Cl)CCCCC. The molecule has 0 heterocycles. The molecular formula is C18H27Cl4O2P. The molecule has 0 aromatic heterocycles. The molecule has 0 bridgehead atoms. The lowest BCUT2D eigenvalue weighted by molar-refractivity contribution is 0.501. The smallest absolute Gasteiger partial charge is 0.212 e. The van der Waals surface area contributed by atoms with Gasteiger partial charge in [-0.15, -0.1) is 0 Å². The Morgan fingerprint density at radius 1 is 0.920 bits per heavy atom. The van der Waals surface area contributed by atoms with Gasteiger partial charge < -0.3 is 9.42 Å². The molecule has 0 radical (unpaired) electrons. The van der Waals surface area contributed by atoms with Crippen LogP contribution in [-0.4, -0.2) is 4.89 Å². The topological polar surface area (TPSA) is 29.5 Å². The molecule has 2 nitrogen and oxygen atoms in total. The second kappa shape index (κ2) is 11.4. The van der Waals surface area contributed by atoms with E-state index in [1.54, 1.807) is 12.1 Å². The van der Waals surface area contributed by atoms with Gasteiger partial charge in [-0.1, -0.05) is 111 Å². The molecule has 0 aliphatic rings. The van der Waals surface area contributed by atoms with Gasteiger partial charge in [0.05, 0.1) is 0 Å². The van der Waals surface area contributed by atoms with Crippen molar-refractivity contribution in [2.24, 2.45) is 0 Å². The van der Waals surface area contributed by atoms with Gasteiger partial charge in [0, 0.05) is 5.56 Å². The lowest BCUT2D eigenvalue weighted by atomic mass is 9.94. The van der Waals surface area contributed by atoms with Crippen molar-refractivity contribution in [3.8, 4) is 5.75 Å². The minimum Gasteiger partial charge on any atom is -0.450 e. The number of hydrogen-bond acceptors (Lipinski definition) is 2. The van der Waals surface area contributed by atoms with Crippen molar-refractivity contribution in [3.63, 3.8) is 0 Å². The zero-order valence-corrected chi connectivity index (χ0v) is 18.8. The first-order chi connectivity index (χ1) is 11.8. The van der Waals surface area contributed by atoms with Crippen molar-refractivity contribution in [1.82, 2.24) is 0 Å². The average molecular weight is 448 g/mol. The van der Waals surface area contributed by atoms with E-state index in [0.717, 1.165) is 38.5 Å². The quantitative estimate of drug-likeness (QED) is 0.200. The number of benzene rings is 1. The first-order valence-corrected chi connectivity index (χ1v) is 11.1. The molecule has 0 fully saturated rings. The monoisotopic (exact) mass is 446 g/mol. The molecule has 1 aromatic carbocycles. The molecule has 0 aliphatic carbocycles. The van der Waals surface area contributed by atoms with E-state index in [1.165, 1.54) is 0 Å². The van der Waals surface area contributed by atoms with E-state index in [-0.39, 0.29) is 0 Å². The predicted octanol–water partition coefficient (Wildman–Crippen LogP) is 7.99. The molecule has 1 unspecified atom stereocenters. The van der Waals surface area contributed by atoms with E-state index in [9.17, 15) is 4.89 Å². The zero-order valence-electron chi connectivity index (χ0n) is 14.8. The largest absolute Gasteiger partial charge is 0.450 e. The zero-order chi connectivity index (χ0) is 18.9. The summed E-state index contributed by atoms with van der Waals surface area (Å²) in [5, 5.41) is 0. The van der Waals surface area contributed by atoms with Gasteiger partial charge >= 0.3 is 0 Å². The average Bonchev–Trinajstić information content (AvgIpc) is 2.55. The first-order valence-electron chi connectivity index (χ1n) is 8.75. The summed E-state index contributed by atoms with van der Waals surface area (Å²) in [5.41, 5.74) is 1.22. The number of halogens is 4. The highest BCUT2D eigenvalue weighted by Crippen LogP contribution is 2.52. The third kappa shape index (κ3) is 7.24. The second-order valence-electron chi connectivity index (χ2n) is 6.20. The predicted molar refractivity (Wildman–Crippen MR) is 113 cm³/mol. The summed E-state index contributed by atoms with van der Waals surface area (Å²) in [6.45, 7) is 4.25. The third-order valence-corrected chi connectivity index (χ3v) is 5.98. The highest BCUT2D eigenvalue weighted by molar-refractivity contribution is 7.25. The van der Waals surface area contributed by atoms with Gasteiger partial charge in [0.2, 0.25) is 9.03 Å². The van der Waals surface area contributed by atoms with Crippen LogP contribution in [0.2, 0.25) is 0 Å². The van der Waals surface area contributed by atoms with E-state index in [0.29, 0.717) is 29.7 Å². The Kier molecular flexibility index (Phi) is 10.8. The number of rotatable bonds is 12. The molecule has 144 valence electrons. The fraction of sp³-hybridized carbons (Fsp3) is 0.667. The van der Waals surface area contributed by atoms with Crippen LogP contribution in [0.1, 0.15) is 76.3 Å². The molecule has 0 saturated heterocycles. The molecule has 1 N–H and O–H groups in total. The van der Waals surface area contributed by atoms with Crippen LogP contribution in [0.25, 0.3) is 0 Å². The van der Waals surface area contributed by atoms with Gasteiger partial charge in [-0.3, -0.25) is 0 Å². The standard InChI is InChI=1S/C18H27Cl4O2P/c1-3-5-7-12-17(19,20)14-10-9-11-15(24-25-23)16(14)18(21,22)13-8-6-4-2/h9-11,23,25H,3-8,12-13H2,1-2H3. The molecule has 1 atom stereocenters. The summed E-state index contributed by atoms with van der Waals surface area (Å²) < 4.78 is 3.10. The Balaban J connectivity index is 3.26. The maximum Gasteiger partial charge on any atom is 0.212 e. The summed E-state index contributed by atoms with van der Waals surface area (Å²) in [7, 11) is -0.710. The number of hydrogen-bond donors (Lipinski definition) is 1. The molecule has 0 saturated carbocycles. The summed E-state index contributed by atoms with van der Waals surface area (Å²) >= 11 is 26.7. The van der Waals surface area contributed by atoms with E-state index in [1.807, 2.05) is 6.07 Å². The fourth-order valence-electron chi connectivity index (χ4n) is 2.80. The Labute approximate surface area is 173 Å². The van der Waals surface area contributed by atoms with Crippen LogP contribution in [0.4, 0.5) is 0 Å². The number of unbranched alkanes of at least 4 members (excludes halogenated alkanes) is 4. The highest BCUT2D eigenvalue weighted by Gasteiger charge is 2.39. The van der Waals surface area contributed by atoms with Crippen LogP contribution < -0.4 is 4.52 Å². The Morgan fingerprint density at radius 3 is 2.00 bits per heavy atom. The molecule has 0 spiro atoms. The molecule has 1 rings (SSSR count). The summed E-state index contributed by atoms with van der Waals surface area (Å²) in [6.07, 6.45) is 7.18. The Bertz CT molecular complexity index is 524. The van der Waals surface area contributed by atoms with Gasteiger partial charge in [-0.25, -0.2) is 0 Å². The van der Waals surface area contributed by atoms with E-state index in [2.05, 4.69) is 13.8 Å². The van der Waals surface area contributed by atoms with E-state index >= 15 is 0 Å². The van der Waals surface area contributed by atoms with E-state index < -0.39 is 17.7 Å². The molecule has 7 heteroatoms. The maximum atomic E-state index is 9.24. The van der Waals surface area contributed by atoms with Gasteiger partial charge in [0.25, 0.3) is 0 Å². The first kappa shape index (κ1) is 23.6. The van der Waals surface area contributed by atoms with Gasteiger partial charge in [-0.05, 0) is 24.5 Å². The summed E-state index contributed by atoms with van der Waals surface area (Å²) in [4.78, 5) is 9.24. The highest BCUT2D eigenvalue weighted by atomic mass is 35.5. The van der Waals surface area contributed by atoms with Crippen LogP contribution in [0.15, 0.2) is 18.2 Å². The summed E-state index contributed by atoms with van der Waals surface area (Å²) in [6, 6.07) is 5.37. The van der Waals surface area contributed by atoms with Crippen LogP contribution in [0.3, 0.4) is 0 Å². The van der Waals surface area contributed by atoms with Crippen LogP contribution >= 0.6 is 55.4 Å². The molecular weight excluding hydrogens is 421 g/mol. The van der Waals surface area contributed by atoms with E-state index in [4.69, 9.17) is 50.9 Å². The van der Waals surface area contributed by atoms with Crippen LogP contribution in [0.5, 0.6) is 5.75 Å². The summed E-state index contributed by atoms with van der Waals surface area (Å²) in [5.74, 6) is 0.431. The van der Waals surface area contributed by atoms with Crippen LogP contribution in [-0.2, 0) is 8.67 Å². The van der Waals surface area contributed by atoms with Crippen molar-refractivity contribution in [3.05, 3.63) is 29.3 Å². The Hall–Kier alpha value is 0.570. The fourth-order valence-corrected chi connectivity index (χ4v) is 4.31. The third-order valence-electron chi connectivity index (χ3n) is 4.13. The van der Waals surface area contributed by atoms with Gasteiger partial charge in [0.1, 0.15) is 14.4 Å². The second-order valence-corrected chi connectivity index (χ2v) is 9.55. The van der Waals surface area contributed by atoms with Crippen LogP contribution in [0, 0.1) is 0 Å².